The van der Waals surface area contributed by atoms with Crippen molar-refractivity contribution in [3.63, 3.8) is 0 Å². The van der Waals surface area contributed by atoms with Gasteiger partial charge in [0.15, 0.2) is 0 Å². The van der Waals surface area contributed by atoms with Gasteiger partial charge in [-0.1, -0.05) is 0 Å². The fraction of sp³-hybridized carbons (Fsp3) is 0.700. The molecule has 1 aromatic heterocycles. The molecule has 0 saturated carbocycles. The Hall–Kier alpha value is -0.450. The van der Waals surface area contributed by atoms with Crippen LogP contribution in [0.5, 0.6) is 0 Å². The molecule has 1 saturated heterocycles. The summed E-state index contributed by atoms with van der Waals surface area (Å²) in [4.78, 5) is 4.35. The number of hydrogen-bond donors (Lipinski definition) is 1. The first kappa shape index (κ1) is 10.1. The van der Waals surface area contributed by atoms with Gasteiger partial charge in [0, 0.05) is 11.4 Å². The lowest BCUT2D eigenvalue weighted by Crippen LogP contribution is -2.26. The Morgan fingerprint density at radius 2 is 2.64 bits per heavy atom. The third-order valence-electron chi connectivity index (χ3n) is 2.40. The number of nitrogens with zero attached hydrogens (tertiary/aromatic N) is 1. The summed E-state index contributed by atoms with van der Waals surface area (Å²) >= 11 is 1.68. The number of ether oxygens (including phenoxy) is 1. The Bertz CT molecular complexity index is 281. The zero-order valence-corrected chi connectivity index (χ0v) is 9.27. The van der Waals surface area contributed by atoms with E-state index in [4.69, 9.17) is 4.74 Å². The molecular formula is C10H16N2OS. The van der Waals surface area contributed by atoms with Crippen LogP contribution in [0, 0.1) is 6.92 Å². The van der Waals surface area contributed by atoms with E-state index in [1.807, 2.05) is 6.92 Å². The maximum absolute atomic E-state index is 5.60. The molecule has 78 valence electrons. The molecule has 0 radical (unpaired) electrons. The number of rotatable bonds is 4. The molecule has 1 aliphatic heterocycles. The van der Waals surface area contributed by atoms with E-state index in [-0.39, 0.29) is 0 Å². The van der Waals surface area contributed by atoms with Crippen molar-refractivity contribution in [2.24, 2.45) is 0 Å². The maximum Gasteiger partial charge on any atom is 0.0898 e. The normalized spacial score (nSPS) is 21.6. The van der Waals surface area contributed by atoms with Crippen molar-refractivity contribution in [3.05, 3.63) is 16.1 Å². The van der Waals surface area contributed by atoms with Crippen LogP contribution in [0.3, 0.4) is 0 Å². The van der Waals surface area contributed by atoms with Crippen molar-refractivity contribution < 1.29 is 4.74 Å². The van der Waals surface area contributed by atoms with Crippen molar-refractivity contribution in [3.8, 4) is 0 Å². The molecule has 3 nitrogen and oxygen atoms in total. The summed E-state index contributed by atoms with van der Waals surface area (Å²) in [6.45, 7) is 4.63. The van der Waals surface area contributed by atoms with Gasteiger partial charge in [0.25, 0.3) is 0 Å². The minimum absolute atomic E-state index is 0.565. The van der Waals surface area contributed by atoms with Gasteiger partial charge in [-0.05, 0) is 26.3 Å². The molecule has 1 aliphatic rings. The molecule has 2 rings (SSSR count). The molecule has 2 heterocycles. The van der Waals surface area contributed by atoms with Crippen LogP contribution in [-0.2, 0) is 11.3 Å². The van der Waals surface area contributed by atoms with Crippen molar-refractivity contribution in [2.45, 2.75) is 32.4 Å². The molecule has 1 N–H and O–H groups in total. The van der Waals surface area contributed by atoms with E-state index in [0.717, 1.165) is 23.9 Å². The van der Waals surface area contributed by atoms with E-state index >= 15 is 0 Å². The third kappa shape index (κ3) is 2.77. The smallest absolute Gasteiger partial charge is 0.0898 e. The van der Waals surface area contributed by atoms with Crippen LogP contribution in [0.15, 0.2) is 5.38 Å². The summed E-state index contributed by atoms with van der Waals surface area (Å²) in [7, 11) is 0. The quantitative estimate of drug-likeness (QED) is 0.825. The Morgan fingerprint density at radius 3 is 3.29 bits per heavy atom. The van der Waals surface area contributed by atoms with Gasteiger partial charge in [-0.25, -0.2) is 4.98 Å². The van der Waals surface area contributed by atoms with Crippen molar-refractivity contribution in [2.75, 3.05) is 13.2 Å². The fourth-order valence-electron chi connectivity index (χ4n) is 1.68. The van der Waals surface area contributed by atoms with E-state index in [2.05, 4.69) is 15.7 Å². The lowest BCUT2D eigenvalue weighted by Gasteiger charge is -2.09. The van der Waals surface area contributed by atoms with Crippen LogP contribution in [-0.4, -0.2) is 24.2 Å². The second-order valence-corrected chi connectivity index (χ2v) is 4.73. The lowest BCUT2D eigenvalue weighted by molar-refractivity contribution is 0.101. The van der Waals surface area contributed by atoms with Crippen molar-refractivity contribution >= 4 is 11.3 Å². The van der Waals surface area contributed by atoms with Crippen LogP contribution in [0.25, 0.3) is 0 Å². The molecule has 1 fully saturated rings. The van der Waals surface area contributed by atoms with E-state index in [1.54, 1.807) is 11.3 Å². The molecule has 0 aromatic carbocycles. The fourth-order valence-corrected chi connectivity index (χ4v) is 2.28. The van der Waals surface area contributed by atoms with Crippen molar-refractivity contribution in [1.29, 1.82) is 0 Å². The van der Waals surface area contributed by atoms with Crippen LogP contribution in [0.2, 0.25) is 0 Å². The Morgan fingerprint density at radius 1 is 1.71 bits per heavy atom. The number of thiazole rings is 1. The lowest BCUT2D eigenvalue weighted by atomic mass is 10.2. The zero-order valence-electron chi connectivity index (χ0n) is 8.45. The summed E-state index contributed by atoms with van der Waals surface area (Å²) < 4.78 is 5.60. The van der Waals surface area contributed by atoms with Gasteiger partial charge >= 0.3 is 0 Å². The van der Waals surface area contributed by atoms with E-state index < -0.39 is 0 Å². The first-order chi connectivity index (χ1) is 6.84. The number of nitrogens with one attached hydrogen (secondary N) is 1. The predicted octanol–water partition coefficient (Wildman–Crippen LogP) is 1.72. The molecule has 0 amide bonds. The van der Waals surface area contributed by atoms with E-state index in [0.29, 0.717) is 12.6 Å². The number of aromatic nitrogens is 1. The summed E-state index contributed by atoms with van der Waals surface area (Å²) in [5.41, 5.74) is 1.06. The second kappa shape index (κ2) is 4.87. The Kier molecular flexibility index (Phi) is 3.50. The minimum atomic E-state index is 0.565. The van der Waals surface area contributed by atoms with Crippen LogP contribution in [0.4, 0.5) is 0 Å². The van der Waals surface area contributed by atoms with Crippen LogP contribution < -0.4 is 5.32 Å². The van der Waals surface area contributed by atoms with Crippen molar-refractivity contribution in [1.82, 2.24) is 10.3 Å². The number of hydrogen-bond acceptors (Lipinski definition) is 4. The molecule has 4 heteroatoms. The SMILES string of the molecule is Cc1nc(COCC2CCCN2)cs1. The molecule has 1 unspecified atom stereocenters. The highest BCUT2D eigenvalue weighted by molar-refractivity contribution is 7.09. The topological polar surface area (TPSA) is 34.1 Å². The summed E-state index contributed by atoms with van der Waals surface area (Å²) in [6.07, 6.45) is 2.53. The predicted molar refractivity (Wildman–Crippen MR) is 57.5 cm³/mol. The van der Waals surface area contributed by atoms with Crippen LogP contribution >= 0.6 is 11.3 Å². The number of aryl methyl sites for hydroxylation is 1. The largest absolute Gasteiger partial charge is 0.374 e. The highest BCUT2D eigenvalue weighted by Crippen LogP contribution is 2.10. The monoisotopic (exact) mass is 212 g/mol. The van der Waals surface area contributed by atoms with Gasteiger partial charge in [-0.2, -0.15) is 0 Å². The standard InChI is InChI=1S/C10H16N2OS/c1-8-12-10(7-14-8)6-13-5-9-3-2-4-11-9/h7,9,11H,2-6H2,1H3. The summed E-state index contributed by atoms with van der Waals surface area (Å²) in [6, 6.07) is 0.565. The molecule has 0 spiro atoms. The first-order valence-corrected chi connectivity index (χ1v) is 5.94. The zero-order chi connectivity index (χ0) is 9.80. The van der Waals surface area contributed by atoms with E-state index in [9.17, 15) is 0 Å². The summed E-state index contributed by atoms with van der Waals surface area (Å²) in [5.74, 6) is 0. The van der Waals surface area contributed by atoms with Gasteiger partial charge in [0.05, 0.1) is 23.9 Å². The first-order valence-electron chi connectivity index (χ1n) is 5.07. The molecule has 14 heavy (non-hydrogen) atoms. The molecule has 0 aliphatic carbocycles. The Balaban J connectivity index is 1.67. The average molecular weight is 212 g/mol. The van der Waals surface area contributed by atoms with E-state index in [1.165, 1.54) is 12.8 Å². The Labute approximate surface area is 88.5 Å². The van der Waals surface area contributed by atoms with Gasteiger partial charge in [0.2, 0.25) is 0 Å². The molecule has 1 atom stereocenters. The third-order valence-corrected chi connectivity index (χ3v) is 3.22. The van der Waals surface area contributed by atoms with Gasteiger partial charge in [0.1, 0.15) is 0 Å². The van der Waals surface area contributed by atoms with Gasteiger partial charge < -0.3 is 10.1 Å². The maximum atomic E-state index is 5.60. The molecular weight excluding hydrogens is 196 g/mol. The highest BCUT2D eigenvalue weighted by Gasteiger charge is 2.13. The average Bonchev–Trinajstić information content (AvgIpc) is 2.77. The molecule has 0 bridgehead atoms. The van der Waals surface area contributed by atoms with Gasteiger partial charge in [-0.15, -0.1) is 11.3 Å². The van der Waals surface area contributed by atoms with Crippen LogP contribution in [0.1, 0.15) is 23.5 Å². The second-order valence-electron chi connectivity index (χ2n) is 3.67. The molecule has 1 aromatic rings. The highest BCUT2D eigenvalue weighted by atomic mass is 32.1. The minimum Gasteiger partial charge on any atom is -0.374 e. The van der Waals surface area contributed by atoms with Gasteiger partial charge in [-0.3, -0.25) is 0 Å². The summed E-state index contributed by atoms with van der Waals surface area (Å²) in [5, 5.41) is 6.59.